The molecule has 1 aromatic carbocycles. The van der Waals surface area contributed by atoms with E-state index in [1.165, 1.54) is 0 Å². The molecule has 0 aliphatic carbocycles. The maximum Gasteiger partial charge on any atom is 0.0710 e. The number of para-hydroxylation sites is 1. The first kappa shape index (κ1) is 15.0. The van der Waals surface area contributed by atoms with E-state index in [0.29, 0.717) is 6.42 Å². The van der Waals surface area contributed by atoms with Crippen molar-refractivity contribution in [3.63, 3.8) is 0 Å². The van der Waals surface area contributed by atoms with Crippen LogP contribution in [0.25, 0.3) is 10.9 Å². The molecule has 4 heteroatoms. The molecule has 0 aliphatic rings. The zero-order valence-corrected chi connectivity index (χ0v) is 12.3. The SMILES string of the molecule is CCCC(CO)(CO)Cc1nn(CC)c2ccccc12. The molecule has 0 amide bonds. The van der Waals surface area contributed by atoms with Gasteiger partial charge in [0, 0.05) is 23.8 Å². The predicted octanol–water partition coefficient (Wildman–Crippen LogP) is 2.37. The van der Waals surface area contributed by atoms with Crippen LogP contribution in [-0.4, -0.2) is 33.2 Å². The summed E-state index contributed by atoms with van der Waals surface area (Å²) >= 11 is 0. The maximum absolute atomic E-state index is 9.71. The molecular formula is C16H24N2O2. The van der Waals surface area contributed by atoms with Crippen molar-refractivity contribution in [1.82, 2.24) is 9.78 Å². The second-order valence-electron chi connectivity index (χ2n) is 5.52. The lowest BCUT2D eigenvalue weighted by atomic mass is 9.80. The van der Waals surface area contributed by atoms with E-state index < -0.39 is 5.41 Å². The fourth-order valence-corrected chi connectivity index (χ4v) is 2.86. The molecule has 20 heavy (non-hydrogen) atoms. The van der Waals surface area contributed by atoms with Gasteiger partial charge in [0.05, 0.1) is 24.4 Å². The summed E-state index contributed by atoms with van der Waals surface area (Å²) < 4.78 is 1.98. The number of benzene rings is 1. The topological polar surface area (TPSA) is 58.3 Å². The first-order valence-corrected chi connectivity index (χ1v) is 7.36. The Kier molecular flexibility index (Phi) is 4.78. The van der Waals surface area contributed by atoms with Crippen molar-refractivity contribution < 1.29 is 10.2 Å². The third-order valence-corrected chi connectivity index (χ3v) is 4.03. The molecule has 0 fully saturated rings. The van der Waals surface area contributed by atoms with Gasteiger partial charge in [-0.05, 0) is 19.4 Å². The van der Waals surface area contributed by atoms with Crippen LogP contribution in [0.15, 0.2) is 24.3 Å². The van der Waals surface area contributed by atoms with Crippen LogP contribution in [0, 0.1) is 5.41 Å². The van der Waals surface area contributed by atoms with Crippen LogP contribution >= 0.6 is 0 Å². The van der Waals surface area contributed by atoms with Crippen molar-refractivity contribution in [2.75, 3.05) is 13.2 Å². The minimum Gasteiger partial charge on any atom is -0.396 e. The molecule has 2 rings (SSSR count). The second kappa shape index (κ2) is 6.37. The number of aryl methyl sites for hydroxylation is 1. The Morgan fingerprint density at radius 1 is 1.15 bits per heavy atom. The second-order valence-corrected chi connectivity index (χ2v) is 5.52. The van der Waals surface area contributed by atoms with Crippen LogP contribution < -0.4 is 0 Å². The highest BCUT2D eigenvalue weighted by Crippen LogP contribution is 2.30. The molecule has 0 atom stereocenters. The highest BCUT2D eigenvalue weighted by atomic mass is 16.3. The summed E-state index contributed by atoms with van der Waals surface area (Å²) in [5.41, 5.74) is 1.62. The van der Waals surface area contributed by atoms with Crippen molar-refractivity contribution in [1.29, 1.82) is 0 Å². The summed E-state index contributed by atoms with van der Waals surface area (Å²) in [5, 5.41) is 25.2. The number of aromatic nitrogens is 2. The molecule has 110 valence electrons. The summed E-state index contributed by atoms with van der Waals surface area (Å²) in [6.45, 7) is 4.94. The minimum absolute atomic E-state index is 0.00927. The van der Waals surface area contributed by atoms with Gasteiger partial charge in [0.25, 0.3) is 0 Å². The van der Waals surface area contributed by atoms with Gasteiger partial charge in [0.1, 0.15) is 0 Å². The van der Waals surface area contributed by atoms with Crippen molar-refractivity contribution in [2.45, 2.75) is 39.7 Å². The Labute approximate surface area is 120 Å². The zero-order valence-electron chi connectivity index (χ0n) is 12.3. The highest BCUT2D eigenvalue weighted by molar-refractivity contribution is 5.82. The van der Waals surface area contributed by atoms with Crippen LogP contribution in [0.2, 0.25) is 0 Å². The van der Waals surface area contributed by atoms with E-state index in [4.69, 9.17) is 0 Å². The third kappa shape index (κ3) is 2.72. The number of aliphatic hydroxyl groups excluding tert-OH is 2. The van der Waals surface area contributed by atoms with Crippen LogP contribution in [0.4, 0.5) is 0 Å². The Hall–Kier alpha value is -1.39. The zero-order chi connectivity index (χ0) is 14.6. The smallest absolute Gasteiger partial charge is 0.0710 e. The van der Waals surface area contributed by atoms with Gasteiger partial charge >= 0.3 is 0 Å². The monoisotopic (exact) mass is 276 g/mol. The van der Waals surface area contributed by atoms with E-state index in [0.717, 1.165) is 36.0 Å². The average Bonchev–Trinajstić information content (AvgIpc) is 2.85. The van der Waals surface area contributed by atoms with Crippen LogP contribution in [-0.2, 0) is 13.0 Å². The summed E-state index contributed by atoms with van der Waals surface area (Å²) in [6, 6.07) is 8.15. The molecule has 4 nitrogen and oxygen atoms in total. The van der Waals surface area contributed by atoms with E-state index in [2.05, 4.69) is 31.1 Å². The van der Waals surface area contributed by atoms with Gasteiger partial charge in [-0.2, -0.15) is 5.10 Å². The lowest BCUT2D eigenvalue weighted by Gasteiger charge is -2.28. The fraction of sp³-hybridized carbons (Fsp3) is 0.562. The molecule has 0 saturated heterocycles. The third-order valence-electron chi connectivity index (χ3n) is 4.03. The van der Waals surface area contributed by atoms with Gasteiger partial charge in [-0.15, -0.1) is 0 Å². The van der Waals surface area contributed by atoms with Crippen molar-refractivity contribution >= 4 is 10.9 Å². The Morgan fingerprint density at radius 2 is 1.85 bits per heavy atom. The molecule has 2 aromatic rings. The van der Waals surface area contributed by atoms with E-state index >= 15 is 0 Å². The van der Waals surface area contributed by atoms with Crippen molar-refractivity contribution in [3.05, 3.63) is 30.0 Å². The van der Waals surface area contributed by atoms with Crippen LogP contribution in [0.5, 0.6) is 0 Å². The van der Waals surface area contributed by atoms with Gasteiger partial charge in [0.15, 0.2) is 0 Å². The first-order chi connectivity index (χ1) is 9.69. The summed E-state index contributed by atoms with van der Waals surface area (Å²) in [4.78, 5) is 0. The highest BCUT2D eigenvalue weighted by Gasteiger charge is 2.30. The van der Waals surface area contributed by atoms with Gasteiger partial charge < -0.3 is 10.2 Å². The lowest BCUT2D eigenvalue weighted by Crippen LogP contribution is -2.32. The molecule has 0 saturated carbocycles. The molecule has 0 radical (unpaired) electrons. The molecule has 0 aliphatic heterocycles. The Bertz CT molecular complexity index is 559. The molecule has 1 heterocycles. The average molecular weight is 276 g/mol. The number of fused-ring (bicyclic) bond motifs is 1. The molecule has 0 bridgehead atoms. The lowest BCUT2D eigenvalue weighted by molar-refractivity contribution is 0.0459. The number of rotatable bonds is 7. The van der Waals surface area contributed by atoms with Crippen LogP contribution in [0.1, 0.15) is 32.4 Å². The van der Waals surface area contributed by atoms with Gasteiger partial charge in [0.2, 0.25) is 0 Å². The van der Waals surface area contributed by atoms with E-state index in [9.17, 15) is 10.2 Å². The Morgan fingerprint density at radius 3 is 2.45 bits per heavy atom. The fourth-order valence-electron chi connectivity index (χ4n) is 2.86. The van der Waals surface area contributed by atoms with E-state index in [1.807, 2.05) is 16.8 Å². The van der Waals surface area contributed by atoms with Crippen molar-refractivity contribution in [2.24, 2.45) is 5.41 Å². The van der Waals surface area contributed by atoms with Gasteiger partial charge in [-0.25, -0.2) is 0 Å². The molecule has 0 unspecified atom stereocenters. The molecular weight excluding hydrogens is 252 g/mol. The maximum atomic E-state index is 9.71. The van der Waals surface area contributed by atoms with E-state index in [-0.39, 0.29) is 13.2 Å². The molecule has 1 aromatic heterocycles. The summed E-state index contributed by atoms with van der Waals surface area (Å²) in [5.74, 6) is 0. The normalized spacial score (nSPS) is 12.2. The standard InChI is InChI=1S/C16H24N2O2/c1-3-9-16(11-19,12-20)10-14-13-7-5-6-8-15(13)18(4-2)17-14/h5-8,19-20H,3-4,9-12H2,1-2H3. The van der Waals surface area contributed by atoms with Crippen molar-refractivity contribution in [3.8, 4) is 0 Å². The largest absolute Gasteiger partial charge is 0.396 e. The molecule has 0 spiro atoms. The summed E-state index contributed by atoms with van der Waals surface area (Å²) in [7, 11) is 0. The number of hydrogen-bond acceptors (Lipinski definition) is 3. The van der Waals surface area contributed by atoms with E-state index in [1.54, 1.807) is 0 Å². The summed E-state index contributed by atoms with van der Waals surface area (Å²) in [6.07, 6.45) is 2.35. The number of hydrogen-bond donors (Lipinski definition) is 2. The van der Waals surface area contributed by atoms with Gasteiger partial charge in [-0.3, -0.25) is 4.68 Å². The first-order valence-electron chi connectivity index (χ1n) is 7.36. The number of nitrogens with zero attached hydrogens (tertiary/aromatic N) is 2. The van der Waals surface area contributed by atoms with Crippen LogP contribution in [0.3, 0.4) is 0 Å². The number of aliphatic hydroxyl groups is 2. The minimum atomic E-state index is -0.468. The Balaban J connectivity index is 2.42. The van der Waals surface area contributed by atoms with Gasteiger partial charge in [-0.1, -0.05) is 31.5 Å². The molecule has 2 N–H and O–H groups in total. The quantitative estimate of drug-likeness (QED) is 0.816. The predicted molar refractivity (Wildman–Crippen MR) is 80.6 cm³/mol.